The molecule has 0 unspecified atom stereocenters. The molecule has 1 amide bonds. The Kier molecular flexibility index (Phi) is 4.81. The lowest BCUT2D eigenvalue weighted by atomic mass is 9.97. The molecule has 26 heavy (non-hydrogen) atoms. The number of amides is 1. The summed E-state index contributed by atoms with van der Waals surface area (Å²) in [7, 11) is 0. The maximum Gasteiger partial charge on any atom is 0.280 e. The Balaban J connectivity index is 1.50. The van der Waals surface area contributed by atoms with Crippen LogP contribution in [0.1, 0.15) is 39.7 Å². The minimum atomic E-state index is -0.305. The lowest BCUT2D eigenvalue weighted by Crippen LogP contribution is -2.26. The second-order valence-corrected chi connectivity index (χ2v) is 7.50. The van der Waals surface area contributed by atoms with Gasteiger partial charge in [-0.05, 0) is 38.8 Å². The smallest absolute Gasteiger partial charge is 0.280 e. The molecule has 0 atom stereocenters. The van der Waals surface area contributed by atoms with E-state index in [1.54, 1.807) is 0 Å². The third-order valence-corrected chi connectivity index (χ3v) is 5.66. The molecule has 3 heterocycles. The summed E-state index contributed by atoms with van der Waals surface area (Å²) in [4.78, 5) is 22.3. The average molecular weight is 368 g/mol. The topological polar surface area (TPSA) is 80.1 Å². The first-order valence-electron chi connectivity index (χ1n) is 8.69. The number of piperidine rings is 1. The highest BCUT2D eigenvalue weighted by Gasteiger charge is 2.21. The lowest BCUT2D eigenvalue weighted by Gasteiger charge is -2.20. The van der Waals surface area contributed by atoms with Crippen molar-refractivity contribution in [2.75, 3.05) is 18.4 Å². The molecule has 0 saturated carbocycles. The SMILES string of the molecule is Cc1ccc(-c2ocnc2C(=O)Nc2ncc(C3CCNCC3)s2)cc1. The molecule has 0 bridgehead atoms. The van der Waals surface area contributed by atoms with Gasteiger partial charge in [-0.1, -0.05) is 29.8 Å². The Hall–Kier alpha value is -2.51. The Morgan fingerprint density at radius 2 is 2.00 bits per heavy atom. The van der Waals surface area contributed by atoms with Gasteiger partial charge in [-0.25, -0.2) is 9.97 Å². The summed E-state index contributed by atoms with van der Waals surface area (Å²) >= 11 is 1.54. The van der Waals surface area contributed by atoms with Crippen LogP contribution in [0.4, 0.5) is 5.13 Å². The molecule has 1 aliphatic rings. The molecule has 1 fully saturated rings. The fraction of sp³-hybridized carbons (Fsp3) is 0.316. The summed E-state index contributed by atoms with van der Waals surface area (Å²) in [5, 5.41) is 6.82. The average Bonchev–Trinajstić information content (AvgIpc) is 3.33. The molecular weight excluding hydrogens is 348 g/mol. The number of anilines is 1. The fourth-order valence-corrected chi connectivity index (χ4v) is 4.09. The van der Waals surface area contributed by atoms with Gasteiger partial charge in [0.2, 0.25) is 0 Å². The number of aromatic nitrogens is 2. The molecule has 0 radical (unpaired) electrons. The molecule has 7 heteroatoms. The number of nitrogens with one attached hydrogen (secondary N) is 2. The normalized spacial score (nSPS) is 15.1. The van der Waals surface area contributed by atoms with Crippen molar-refractivity contribution in [3.8, 4) is 11.3 Å². The molecule has 0 spiro atoms. The first kappa shape index (κ1) is 16.9. The van der Waals surface area contributed by atoms with Gasteiger partial charge < -0.3 is 9.73 Å². The van der Waals surface area contributed by atoms with Crippen LogP contribution in [0.5, 0.6) is 0 Å². The molecule has 6 nitrogen and oxygen atoms in total. The van der Waals surface area contributed by atoms with Crippen molar-refractivity contribution in [2.45, 2.75) is 25.7 Å². The van der Waals surface area contributed by atoms with E-state index in [1.165, 1.54) is 22.6 Å². The Bertz CT molecular complexity index is 894. The molecule has 2 N–H and O–H groups in total. The number of benzene rings is 1. The molecular formula is C19H20N4O2S. The summed E-state index contributed by atoms with van der Waals surface area (Å²) in [5.41, 5.74) is 2.24. The quantitative estimate of drug-likeness (QED) is 0.732. The number of oxazole rings is 1. The van der Waals surface area contributed by atoms with E-state index in [2.05, 4.69) is 20.6 Å². The van der Waals surface area contributed by atoms with Gasteiger partial charge in [0.15, 0.2) is 23.0 Å². The van der Waals surface area contributed by atoms with Crippen molar-refractivity contribution >= 4 is 22.4 Å². The zero-order chi connectivity index (χ0) is 17.9. The Morgan fingerprint density at radius 3 is 2.77 bits per heavy atom. The van der Waals surface area contributed by atoms with Crippen molar-refractivity contribution in [1.82, 2.24) is 15.3 Å². The van der Waals surface area contributed by atoms with Crippen molar-refractivity contribution in [2.24, 2.45) is 0 Å². The minimum absolute atomic E-state index is 0.271. The molecule has 1 aromatic carbocycles. The number of thiazole rings is 1. The first-order valence-corrected chi connectivity index (χ1v) is 9.50. The van der Waals surface area contributed by atoms with Crippen LogP contribution < -0.4 is 10.6 Å². The number of aryl methyl sites for hydroxylation is 1. The standard InChI is InChI=1S/C19H20N4O2S/c1-12-2-4-14(5-3-12)17-16(22-11-25-17)18(24)23-19-21-10-15(26-19)13-6-8-20-9-7-13/h2-5,10-11,13,20H,6-9H2,1H3,(H,21,23,24). The van der Waals surface area contributed by atoms with Crippen LogP contribution in [0.25, 0.3) is 11.3 Å². The van der Waals surface area contributed by atoms with Gasteiger partial charge in [0.05, 0.1) is 0 Å². The second kappa shape index (κ2) is 7.39. The predicted octanol–water partition coefficient (Wildman–Crippen LogP) is 3.83. The molecule has 3 aromatic rings. The van der Waals surface area contributed by atoms with Crippen LogP contribution >= 0.6 is 11.3 Å². The third kappa shape index (κ3) is 3.54. The molecule has 1 aliphatic heterocycles. The van der Waals surface area contributed by atoms with E-state index < -0.39 is 0 Å². The summed E-state index contributed by atoms with van der Waals surface area (Å²) in [6, 6.07) is 7.80. The van der Waals surface area contributed by atoms with Crippen LogP contribution in [0.3, 0.4) is 0 Å². The van der Waals surface area contributed by atoms with E-state index in [1.807, 2.05) is 37.4 Å². The second-order valence-electron chi connectivity index (χ2n) is 6.44. The van der Waals surface area contributed by atoms with E-state index in [9.17, 15) is 4.79 Å². The highest BCUT2D eigenvalue weighted by Crippen LogP contribution is 2.32. The molecule has 0 aliphatic carbocycles. The van der Waals surface area contributed by atoms with Gasteiger partial charge in [0.25, 0.3) is 5.91 Å². The van der Waals surface area contributed by atoms with Crippen LogP contribution in [0.15, 0.2) is 41.3 Å². The molecule has 2 aromatic heterocycles. The van der Waals surface area contributed by atoms with E-state index in [4.69, 9.17) is 4.42 Å². The summed E-state index contributed by atoms with van der Waals surface area (Å²) < 4.78 is 5.45. The number of rotatable bonds is 4. The molecule has 1 saturated heterocycles. The lowest BCUT2D eigenvalue weighted by molar-refractivity contribution is 0.102. The van der Waals surface area contributed by atoms with Gasteiger partial charge in [0.1, 0.15) is 0 Å². The minimum Gasteiger partial charge on any atom is -0.443 e. The molecule has 134 valence electrons. The first-order chi connectivity index (χ1) is 12.7. The van der Waals surface area contributed by atoms with Crippen LogP contribution in [0.2, 0.25) is 0 Å². The van der Waals surface area contributed by atoms with Crippen molar-refractivity contribution in [3.63, 3.8) is 0 Å². The van der Waals surface area contributed by atoms with Crippen molar-refractivity contribution in [1.29, 1.82) is 0 Å². The predicted molar refractivity (Wildman–Crippen MR) is 102 cm³/mol. The largest absolute Gasteiger partial charge is 0.443 e. The van der Waals surface area contributed by atoms with Crippen molar-refractivity contribution < 1.29 is 9.21 Å². The maximum absolute atomic E-state index is 12.6. The van der Waals surface area contributed by atoms with Crippen LogP contribution in [-0.2, 0) is 0 Å². The third-order valence-electron chi connectivity index (χ3n) is 4.58. The highest BCUT2D eigenvalue weighted by atomic mass is 32.1. The zero-order valence-corrected chi connectivity index (χ0v) is 15.3. The van der Waals surface area contributed by atoms with E-state index in [0.717, 1.165) is 37.1 Å². The number of carbonyl (C=O) groups excluding carboxylic acids is 1. The number of hydrogen-bond donors (Lipinski definition) is 2. The Labute approximate surface area is 155 Å². The summed E-state index contributed by atoms with van der Waals surface area (Å²) in [6.45, 7) is 4.08. The maximum atomic E-state index is 12.6. The zero-order valence-electron chi connectivity index (χ0n) is 14.5. The number of nitrogens with zero attached hydrogens (tertiary/aromatic N) is 2. The highest BCUT2D eigenvalue weighted by molar-refractivity contribution is 7.15. The monoisotopic (exact) mass is 368 g/mol. The van der Waals surface area contributed by atoms with Gasteiger partial charge in [0, 0.05) is 16.6 Å². The van der Waals surface area contributed by atoms with Gasteiger partial charge >= 0.3 is 0 Å². The van der Waals surface area contributed by atoms with E-state index in [-0.39, 0.29) is 11.6 Å². The number of carbonyl (C=O) groups is 1. The van der Waals surface area contributed by atoms with Crippen molar-refractivity contribution in [3.05, 3.63) is 53.0 Å². The van der Waals surface area contributed by atoms with Gasteiger partial charge in [-0.15, -0.1) is 11.3 Å². The fourth-order valence-electron chi connectivity index (χ4n) is 3.11. The van der Waals surface area contributed by atoms with Crippen LogP contribution in [0, 0.1) is 6.92 Å². The number of hydrogen-bond acceptors (Lipinski definition) is 6. The van der Waals surface area contributed by atoms with Crippen LogP contribution in [-0.4, -0.2) is 29.0 Å². The Morgan fingerprint density at radius 1 is 1.23 bits per heavy atom. The van der Waals surface area contributed by atoms with E-state index in [0.29, 0.717) is 16.8 Å². The molecule has 4 rings (SSSR count). The van der Waals surface area contributed by atoms with E-state index >= 15 is 0 Å². The van der Waals surface area contributed by atoms with Gasteiger partial charge in [-0.2, -0.15) is 0 Å². The summed E-state index contributed by atoms with van der Waals surface area (Å²) in [5.74, 6) is 0.688. The van der Waals surface area contributed by atoms with Gasteiger partial charge in [-0.3, -0.25) is 10.1 Å². The summed E-state index contributed by atoms with van der Waals surface area (Å²) in [6.07, 6.45) is 5.39.